The highest BCUT2D eigenvalue weighted by Crippen LogP contribution is 2.31. The number of likely N-dealkylation sites (tertiary alicyclic amines) is 1. The third kappa shape index (κ3) is 4.70. The lowest BCUT2D eigenvalue weighted by atomic mass is 9.90. The number of nitrogens with zero attached hydrogens (tertiary/aromatic N) is 1. The summed E-state index contributed by atoms with van der Waals surface area (Å²) in [6.45, 7) is 4.36. The van der Waals surface area contributed by atoms with E-state index in [0.29, 0.717) is 12.5 Å². The highest BCUT2D eigenvalue weighted by Gasteiger charge is 2.40. The van der Waals surface area contributed by atoms with Gasteiger partial charge in [0.25, 0.3) is 0 Å². The van der Waals surface area contributed by atoms with Crippen molar-refractivity contribution >= 4 is 5.97 Å². The van der Waals surface area contributed by atoms with Gasteiger partial charge < -0.3 is 10.0 Å². The van der Waals surface area contributed by atoms with Crippen molar-refractivity contribution in [3.05, 3.63) is 71.8 Å². The van der Waals surface area contributed by atoms with Gasteiger partial charge in [-0.2, -0.15) is 0 Å². The summed E-state index contributed by atoms with van der Waals surface area (Å²) in [5, 5.41) is 9.47. The Balaban J connectivity index is 1.69. The zero-order chi connectivity index (χ0) is 17.7. The molecule has 2 aromatic carbocycles. The Morgan fingerprint density at radius 2 is 1.56 bits per heavy atom. The number of hydrogen-bond acceptors (Lipinski definition) is 2. The van der Waals surface area contributed by atoms with Crippen molar-refractivity contribution in [3.63, 3.8) is 0 Å². The van der Waals surface area contributed by atoms with Crippen molar-refractivity contribution in [3.8, 4) is 0 Å². The van der Waals surface area contributed by atoms with Crippen molar-refractivity contribution in [2.75, 3.05) is 19.6 Å². The van der Waals surface area contributed by atoms with Crippen molar-refractivity contribution < 1.29 is 9.90 Å². The second kappa shape index (κ2) is 7.83. The van der Waals surface area contributed by atoms with Crippen LogP contribution in [0.1, 0.15) is 24.5 Å². The molecule has 1 atom stereocenters. The molecule has 1 N–H and O–H groups in total. The Hall–Kier alpha value is -2.13. The van der Waals surface area contributed by atoms with Crippen LogP contribution in [0.15, 0.2) is 60.7 Å². The standard InChI is InChI=1S/C22H27NO2/c1-22(21(24)25)12-13-23(17-22)16-20(14-18-8-4-2-5-9-18)15-19-10-6-3-7-11-19/h2-11,20H,12-17H2,1H3,(H,24,25). The topological polar surface area (TPSA) is 40.5 Å². The SMILES string of the molecule is CC1(C(=O)O)CCN(CC(Cc2ccccc2)Cc2ccccc2)C1. The lowest BCUT2D eigenvalue weighted by molar-refractivity contribution is -0.147. The molecule has 3 nitrogen and oxygen atoms in total. The van der Waals surface area contributed by atoms with Gasteiger partial charge in [-0.15, -0.1) is 0 Å². The number of carbonyl (C=O) groups is 1. The van der Waals surface area contributed by atoms with Crippen molar-refractivity contribution in [2.24, 2.45) is 11.3 Å². The summed E-state index contributed by atoms with van der Waals surface area (Å²) in [5.41, 5.74) is 2.11. The van der Waals surface area contributed by atoms with Crippen LogP contribution in [0.3, 0.4) is 0 Å². The minimum atomic E-state index is -0.669. The molecule has 0 aromatic heterocycles. The largest absolute Gasteiger partial charge is 0.481 e. The highest BCUT2D eigenvalue weighted by atomic mass is 16.4. The average molecular weight is 337 g/mol. The molecule has 3 rings (SSSR count). The van der Waals surface area contributed by atoms with Gasteiger partial charge in [0.2, 0.25) is 0 Å². The molecule has 0 amide bonds. The monoisotopic (exact) mass is 337 g/mol. The maximum Gasteiger partial charge on any atom is 0.310 e. The van der Waals surface area contributed by atoms with Crippen molar-refractivity contribution in [2.45, 2.75) is 26.2 Å². The Morgan fingerprint density at radius 3 is 2.00 bits per heavy atom. The van der Waals surface area contributed by atoms with Gasteiger partial charge >= 0.3 is 5.97 Å². The van der Waals surface area contributed by atoms with Gasteiger partial charge in [-0.25, -0.2) is 0 Å². The summed E-state index contributed by atoms with van der Waals surface area (Å²) in [6, 6.07) is 21.2. The fourth-order valence-corrected chi connectivity index (χ4v) is 3.85. The Labute approximate surface area is 150 Å². The molecular weight excluding hydrogens is 310 g/mol. The molecule has 0 bridgehead atoms. The van der Waals surface area contributed by atoms with Crippen LogP contribution in [0.2, 0.25) is 0 Å². The second-order valence-corrected chi connectivity index (χ2v) is 7.60. The van der Waals surface area contributed by atoms with E-state index in [0.717, 1.165) is 32.4 Å². The van der Waals surface area contributed by atoms with Crippen LogP contribution in [0.5, 0.6) is 0 Å². The first-order chi connectivity index (χ1) is 12.0. The minimum absolute atomic E-state index is 0.487. The number of benzene rings is 2. The quantitative estimate of drug-likeness (QED) is 0.833. The zero-order valence-corrected chi connectivity index (χ0v) is 14.9. The molecule has 0 saturated carbocycles. The molecule has 0 radical (unpaired) electrons. The van der Waals surface area contributed by atoms with E-state index in [1.807, 2.05) is 6.92 Å². The number of aliphatic carboxylic acids is 1. The molecular formula is C22H27NO2. The summed E-state index contributed by atoms with van der Waals surface area (Å²) in [4.78, 5) is 13.8. The van der Waals surface area contributed by atoms with Crippen LogP contribution in [-0.4, -0.2) is 35.6 Å². The molecule has 25 heavy (non-hydrogen) atoms. The fraction of sp³-hybridized carbons (Fsp3) is 0.409. The van der Waals surface area contributed by atoms with Gasteiger partial charge in [0, 0.05) is 13.1 Å². The van der Waals surface area contributed by atoms with Gasteiger partial charge in [0.1, 0.15) is 0 Å². The van der Waals surface area contributed by atoms with Gasteiger partial charge in [0.05, 0.1) is 5.41 Å². The molecule has 132 valence electrons. The van der Waals surface area contributed by atoms with E-state index in [1.54, 1.807) is 0 Å². The number of carboxylic acids is 1. The van der Waals surface area contributed by atoms with Crippen molar-refractivity contribution in [1.82, 2.24) is 4.90 Å². The molecule has 1 heterocycles. The van der Waals surface area contributed by atoms with E-state index < -0.39 is 11.4 Å². The smallest absolute Gasteiger partial charge is 0.310 e. The first-order valence-corrected chi connectivity index (χ1v) is 9.09. The summed E-state index contributed by atoms with van der Waals surface area (Å²) in [5.74, 6) is -0.182. The maximum absolute atomic E-state index is 11.5. The van der Waals surface area contributed by atoms with Crippen LogP contribution in [0.25, 0.3) is 0 Å². The van der Waals surface area contributed by atoms with Crippen LogP contribution in [-0.2, 0) is 17.6 Å². The van der Waals surface area contributed by atoms with Crippen LogP contribution in [0.4, 0.5) is 0 Å². The van der Waals surface area contributed by atoms with E-state index in [2.05, 4.69) is 65.6 Å². The maximum atomic E-state index is 11.5. The summed E-state index contributed by atoms with van der Waals surface area (Å²) >= 11 is 0. The molecule has 3 heteroatoms. The molecule has 1 fully saturated rings. The third-order valence-electron chi connectivity index (χ3n) is 5.32. The van der Waals surface area contributed by atoms with Crippen LogP contribution >= 0.6 is 0 Å². The molecule has 1 aliphatic heterocycles. The minimum Gasteiger partial charge on any atom is -0.481 e. The summed E-state index contributed by atoms with van der Waals surface area (Å²) in [6.07, 6.45) is 2.79. The Bertz CT molecular complexity index is 644. The highest BCUT2D eigenvalue weighted by molar-refractivity contribution is 5.74. The molecule has 1 aliphatic rings. The molecule has 0 aliphatic carbocycles. The Kier molecular flexibility index (Phi) is 5.54. The van der Waals surface area contributed by atoms with Crippen molar-refractivity contribution in [1.29, 1.82) is 0 Å². The number of hydrogen-bond donors (Lipinski definition) is 1. The van der Waals surface area contributed by atoms with Crippen LogP contribution in [0, 0.1) is 11.3 Å². The normalized spacial score (nSPS) is 20.9. The van der Waals surface area contributed by atoms with Gasteiger partial charge in [-0.3, -0.25) is 4.79 Å². The average Bonchev–Trinajstić information content (AvgIpc) is 2.99. The van der Waals surface area contributed by atoms with E-state index in [4.69, 9.17) is 0 Å². The number of rotatable bonds is 7. The first kappa shape index (κ1) is 17.7. The lowest BCUT2D eigenvalue weighted by Gasteiger charge is -2.25. The predicted molar refractivity (Wildman–Crippen MR) is 101 cm³/mol. The Morgan fingerprint density at radius 1 is 1.04 bits per heavy atom. The van der Waals surface area contributed by atoms with E-state index in [9.17, 15) is 9.90 Å². The van der Waals surface area contributed by atoms with E-state index in [1.165, 1.54) is 11.1 Å². The summed E-state index contributed by atoms with van der Waals surface area (Å²) < 4.78 is 0. The summed E-state index contributed by atoms with van der Waals surface area (Å²) in [7, 11) is 0. The second-order valence-electron chi connectivity index (χ2n) is 7.60. The van der Waals surface area contributed by atoms with Crippen LogP contribution < -0.4 is 0 Å². The first-order valence-electron chi connectivity index (χ1n) is 9.09. The van der Waals surface area contributed by atoms with E-state index in [-0.39, 0.29) is 0 Å². The molecule has 2 aromatic rings. The zero-order valence-electron chi connectivity index (χ0n) is 14.9. The fourth-order valence-electron chi connectivity index (χ4n) is 3.85. The molecule has 1 unspecified atom stereocenters. The van der Waals surface area contributed by atoms with Gasteiger partial charge in [-0.1, -0.05) is 60.7 Å². The molecule has 0 spiro atoms. The van der Waals surface area contributed by atoms with Gasteiger partial charge in [0.15, 0.2) is 0 Å². The predicted octanol–water partition coefficient (Wildman–Crippen LogP) is 3.88. The van der Waals surface area contributed by atoms with E-state index >= 15 is 0 Å². The van der Waals surface area contributed by atoms with Gasteiger partial charge in [-0.05, 0) is 49.8 Å². The third-order valence-corrected chi connectivity index (χ3v) is 5.32. The molecule has 1 saturated heterocycles. The lowest BCUT2D eigenvalue weighted by Crippen LogP contribution is -2.35. The number of carboxylic acid groups (broad SMARTS) is 1.